The summed E-state index contributed by atoms with van der Waals surface area (Å²) in [5.74, 6) is 0.496. The Kier molecular flexibility index (Phi) is 4.35. The summed E-state index contributed by atoms with van der Waals surface area (Å²) in [6.45, 7) is 5.11. The summed E-state index contributed by atoms with van der Waals surface area (Å²) in [7, 11) is 0. The van der Waals surface area contributed by atoms with Gasteiger partial charge in [-0.15, -0.1) is 22.9 Å². The summed E-state index contributed by atoms with van der Waals surface area (Å²) in [5.41, 5.74) is 0. The monoisotopic (exact) mass is 232 g/mol. The van der Waals surface area contributed by atoms with Gasteiger partial charge in [0.05, 0.1) is 11.2 Å². The summed E-state index contributed by atoms with van der Waals surface area (Å²) >= 11 is 7.03. The molecule has 0 bridgehead atoms. The highest BCUT2D eigenvalue weighted by atomic mass is 35.5. The molecular formula is C9H13ClN2OS. The van der Waals surface area contributed by atoms with Crippen molar-refractivity contribution in [1.29, 1.82) is 0 Å². The molecule has 0 aromatic carbocycles. The summed E-state index contributed by atoms with van der Waals surface area (Å²) in [4.78, 5) is 18.3. The standard InChI is InChI=1S/C9H13ClN2OS/c1-3-12(5-4-10)9(13)8-6-11-7(2)14-8/h6H,3-5H2,1-2H3. The van der Waals surface area contributed by atoms with Crippen LogP contribution in [0.3, 0.4) is 0 Å². The minimum Gasteiger partial charge on any atom is -0.337 e. The number of amides is 1. The third-order valence-electron chi connectivity index (χ3n) is 1.86. The number of rotatable bonds is 4. The predicted molar refractivity (Wildman–Crippen MR) is 59.1 cm³/mol. The van der Waals surface area contributed by atoms with E-state index in [0.29, 0.717) is 23.8 Å². The molecule has 5 heteroatoms. The van der Waals surface area contributed by atoms with Crippen LogP contribution in [0.25, 0.3) is 0 Å². The van der Waals surface area contributed by atoms with E-state index in [0.717, 1.165) is 5.01 Å². The maximum absolute atomic E-state index is 11.8. The fourth-order valence-corrected chi connectivity index (χ4v) is 2.07. The Morgan fingerprint density at radius 2 is 2.43 bits per heavy atom. The van der Waals surface area contributed by atoms with Crippen molar-refractivity contribution in [2.75, 3.05) is 19.0 Å². The topological polar surface area (TPSA) is 33.2 Å². The first-order chi connectivity index (χ1) is 6.69. The van der Waals surface area contributed by atoms with Gasteiger partial charge in [0, 0.05) is 19.0 Å². The molecule has 1 heterocycles. The molecule has 1 aromatic rings. The Morgan fingerprint density at radius 3 is 2.86 bits per heavy atom. The Morgan fingerprint density at radius 1 is 1.71 bits per heavy atom. The maximum atomic E-state index is 11.8. The van der Waals surface area contributed by atoms with Crippen LogP contribution in [0.2, 0.25) is 0 Å². The van der Waals surface area contributed by atoms with Gasteiger partial charge >= 0.3 is 0 Å². The predicted octanol–water partition coefficient (Wildman–Crippen LogP) is 2.15. The lowest BCUT2D eigenvalue weighted by Gasteiger charge is -2.17. The number of carbonyl (C=O) groups excluding carboxylic acids is 1. The molecule has 0 aliphatic carbocycles. The molecule has 1 rings (SSSR count). The van der Waals surface area contributed by atoms with Crippen LogP contribution < -0.4 is 0 Å². The molecule has 0 saturated carbocycles. The molecule has 0 saturated heterocycles. The molecular weight excluding hydrogens is 220 g/mol. The van der Waals surface area contributed by atoms with Gasteiger partial charge in [0.25, 0.3) is 5.91 Å². The average Bonchev–Trinajstić information content (AvgIpc) is 2.60. The molecule has 0 spiro atoms. The van der Waals surface area contributed by atoms with Crippen LogP contribution in [0.5, 0.6) is 0 Å². The maximum Gasteiger partial charge on any atom is 0.265 e. The minimum atomic E-state index is 0.0266. The molecule has 0 atom stereocenters. The first-order valence-electron chi connectivity index (χ1n) is 4.46. The lowest BCUT2D eigenvalue weighted by molar-refractivity contribution is 0.0778. The van der Waals surface area contributed by atoms with E-state index in [4.69, 9.17) is 11.6 Å². The molecule has 0 aliphatic heterocycles. The van der Waals surface area contributed by atoms with E-state index in [1.54, 1.807) is 11.1 Å². The van der Waals surface area contributed by atoms with E-state index in [1.165, 1.54) is 11.3 Å². The van der Waals surface area contributed by atoms with Gasteiger partial charge in [0.2, 0.25) is 0 Å². The lowest BCUT2D eigenvalue weighted by atomic mass is 10.4. The van der Waals surface area contributed by atoms with Crippen molar-refractivity contribution in [3.63, 3.8) is 0 Å². The highest BCUT2D eigenvalue weighted by Gasteiger charge is 2.15. The van der Waals surface area contributed by atoms with E-state index in [9.17, 15) is 4.79 Å². The smallest absolute Gasteiger partial charge is 0.265 e. The SMILES string of the molecule is CCN(CCCl)C(=O)c1cnc(C)s1. The Labute approximate surface area is 92.7 Å². The molecule has 0 unspecified atom stereocenters. The molecule has 0 radical (unpaired) electrons. The molecule has 0 N–H and O–H groups in total. The van der Waals surface area contributed by atoms with Crippen molar-refractivity contribution in [2.45, 2.75) is 13.8 Å². The van der Waals surface area contributed by atoms with Crippen molar-refractivity contribution >= 4 is 28.8 Å². The third kappa shape index (κ3) is 2.69. The molecule has 0 fully saturated rings. The number of thiazole rings is 1. The number of aryl methyl sites for hydroxylation is 1. The third-order valence-corrected chi connectivity index (χ3v) is 2.93. The number of hydrogen-bond acceptors (Lipinski definition) is 3. The van der Waals surface area contributed by atoms with Crippen LogP contribution in [0.4, 0.5) is 0 Å². The fourth-order valence-electron chi connectivity index (χ4n) is 1.12. The van der Waals surface area contributed by atoms with Crippen LogP contribution in [0, 0.1) is 6.92 Å². The molecule has 0 aliphatic rings. The molecule has 3 nitrogen and oxygen atoms in total. The molecule has 14 heavy (non-hydrogen) atoms. The van der Waals surface area contributed by atoms with Crippen molar-refractivity contribution in [2.24, 2.45) is 0 Å². The zero-order chi connectivity index (χ0) is 10.6. The van der Waals surface area contributed by atoms with Gasteiger partial charge in [-0.2, -0.15) is 0 Å². The lowest BCUT2D eigenvalue weighted by Crippen LogP contribution is -2.31. The van der Waals surface area contributed by atoms with E-state index in [1.807, 2.05) is 13.8 Å². The van der Waals surface area contributed by atoms with E-state index >= 15 is 0 Å². The Bertz CT molecular complexity index is 314. The van der Waals surface area contributed by atoms with Crippen LogP contribution in [0.15, 0.2) is 6.20 Å². The average molecular weight is 233 g/mol. The summed E-state index contributed by atoms with van der Waals surface area (Å²) in [6, 6.07) is 0. The fraction of sp³-hybridized carbons (Fsp3) is 0.556. The van der Waals surface area contributed by atoms with E-state index in [2.05, 4.69) is 4.98 Å². The normalized spacial score (nSPS) is 10.2. The quantitative estimate of drug-likeness (QED) is 0.746. The highest BCUT2D eigenvalue weighted by molar-refractivity contribution is 7.13. The Hall–Kier alpha value is -0.610. The zero-order valence-corrected chi connectivity index (χ0v) is 9.86. The first-order valence-corrected chi connectivity index (χ1v) is 5.81. The number of hydrogen-bond donors (Lipinski definition) is 0. The van der Waals surface area contributed by atoms with Crippen LogP contribution in [-0.4, -0.2) is 34.8 Å². The number of nitrogens with zero attached hydrogens (tertiary/aromatic N) is 2. The van der Waals surface area contributed by atoms with Crippen molar-refractivity contribution in [1.82, 2.24) is 9.88 Å². The largest absolute Gasteiger partial charge is 0.337 e. The van der Waals surface area contributed by atoms with Crippen molar-refractivity contribution in [3.8, 4) is 0 Å². The Balaban J connectivity index is 2.72. The van der Waals surface area contributed by atoms with Crippen molar-refractivity contribution in [3.05, 3.63) is 16.1 Å². The molecule has 1 amide bonds. The van der Waals surface area contributed by atoms with Gasteiger partial charge in [-0.1, -0.05) is 0 Å². The second kappa shape index (κ2) is 5.32. The van der Waals surface area contributed by atoms with Crippen LogP contribution in [0.1, 0.15) is 21.6 Å². The van der Waals surface area contributed by atoms with Crippen molar-refractivity contribution < 1.29 is 4.79 Å². The number of alkyl halides is 1. The summed E-state index contributed by atoms with van der Waals surface area (Å²) < 4.78 is 0. The zero-order valence-electron chi connectivity index (χ0n) is 8.29. The minimum absolute atomic E-state index is 0.0266. The second-order valence-electron chi connectivity index (χ2n) is 2.82. The first kappa shape index (κ1) is 11.5. The number of halogens is 1. The number of carbonyl (C=O) groups is 1. The second-order valence-corrected chi connectivity index (χ2v) is 4.43. The summed E-state index contributed by atoms with van der Waals surface area (Å²) in [6.07, 6.45) is 1.62. The van der Waals surface area contributed by atoms with Gasteiger partial charge in [-0.25, -0.2) is 4.98 Å². The van der Waals surface area contributed by atoms with Gasteiger partial charge in [-0.3, -0.25) is 4.79 Å². The van der Waals surface area contributed by atoms with Crippen LogP contribution in [-0.2, 0) is 0 Å². The summed E-state index contributed by atoms with van der Waals surface area (Å²) in [5, 5.41) is 0.912. The molecule has 1 aromatic heterocycles. The molecule has 78 valence electrons. The van der Waals surface area contributed by atoms with Gasteiger partial charge in [-0.05, 0) is 13.8 Å². The number of aromatic nitrogens is 1. The van der Waals surface area contributed by atoms with E-state index < -0.39 is 0 Å². The highest BCUT2D eigenvalue weighted by Crippen LogP contribution is 2.14. The van der Waals surface area contributed by atoms with Gasteiger partial charge < -0.3 is 4.90 Å². The van der Waals surface area contributed by atoms with Crippen LogP contribution >= 0.6 is 22.9 Å². The van der Waals surface area contributed by atoms with Gasteiger partial charge in [0.15, 0.2) is 0 Å². The van der Waals surface area contributed by atoms with Gasteiger partial charge in [0.1, 0.15) is 4.88 Å². The van der Waals surface area contributed by atoms with E-state index in [-0.39, 0.29) is 5.91 Å².